The van der Waals surface area contributed by atoms with Gasteiger partial charge in [-0.05, 0) is 82.5 Å². The Morgan fingerprint density at radius 1 is 1.16 bits per heavy atom. The third-order valence-electron chi connectivity index (χ3n) is 5.79. The molecule has 2 aromatic rings. The molecule has 0 unspecified atom stereocenters. The number of anilines is 2. The molecule has 1 aliphatic heterocycles. The van der Waals surface area contributed by atoms with Gasteiger partial charge in [-0.2, -0.15) is 5.26 Å². The molecule has 0 saturated heterocycles. The van der Waals surface area contributed by atoms with Crippen LogP contribution < -0.4 is 15.0 Å². The van der Waals surface area contributed by atoms with E-state index in [1.807, 2.05) is 50.2 Å². The highest BCUT2D eigenvalue weighted by atomic mass is 16.5. The molecule has 166 valence electrons. The van der Waals surface area contributed by atoms with E-state index in [2.05, 4.69) is 44.0 Å². The summed E-state index contributed by atoms with van der Waals surface area (Å²) < 4.78 is 5.65. The summed E-state index contributed by atoms with van der Waals surface area (Å²) in [6.07, 6.45) is 3.84. The van der Waals surface area contributed by atoms with E-state index < -0.39 is 5.91 Å². The lowest BCUT2D eigenvalue weighted by Gasteiger charge is -2.43. The number of nitrogens with zero attached hydrogens (tertiary/aromatic N) is 2. The fourth-order valence-electron chi connectivity index (χ4n) is 4.54. The Labute approximate surface area is 191 Å². The number of likely N-dealkylation sites (N-methyl/N-ethyl adjacent to an activating group) is 1. The number of benzene rings is 2. The molecule has 5 heteroatoms. The Morgan fingerprint density at radius 3 is 2.38 bits per heavy atom. The van der Waals surface area contributed by atoms with E-state index in [1.165, 1.54) is 0 Å². The van der Waals surface area contributed by atoms with Crippen molar-refractivity contribution >= 4 is 28.9 Å². The van der Waals surface area contributed by atoms with Gasteiger partial charge in [0.25, 0.3) is 5.91 Å². The average Bonchev–Trinajstić information content (AvgIpc) is 2.70. The van der Waals surface area contributed by atoms with E-state index in [4.69, 9.17) is 4.74 Å². The number of carbonyl (C=O) groups is 1. The molecule has 5 nitrogen and oxygen atoms in total. The Hall–Kier alpha value is -3.52. The van der Waals surface area contributed by atoms with Gasteiger partial charge in [0, 0.05) is 35.1 Å². The van der Waals surface area contributed by atoms with E-state index in [9.17, 15) is 10.1 Å². The molecule has 0 fully saturated rings. The molecule has 1 N–H and O–H groups in total. The highest BCUT2D eigenvalue weighted by Crippen LogP contribution is 2.42. The van der Waals surface area contributed by atoms with Crippen molar-refractivity contribution in [3.8, 4) is 11.8 Å². The molecular weight excluding hydrogens is 398 g/mol. The van der Waals surface area contributed by atoms with Crippen LogP contribution in [0.4, 0.5) is 11.4 Å². The molecular formula is C27H31N3O2. The smallest absolute Gasteiger partial charge is 0.266 e. The first-order chi connectivity index (χ1) is 15.1. The van der Waals surface area contributed by atoms with Gasteiger partial charge in [-0.1, -0.05) is 12.1 Å². The molecule has 1 amide bonds. The topological polar surface area (TPSA) is 65.4 Å². The maximum absolute atomic E-state index is 12.8. The number of carbonyl (C=O) groups excluding carboxylic acids is 1. The SMILES string of the molecule is CCN1c2cc(OC)c(/C=C(\C#N)C(=O)Nc3cc(C)cc(C)c3)cc2C(C)=CC1(C)C. The maximum atomic E-state index is 12.8. The van der Waals surface area contributed by atoms with Gasteiger partial charge >= 0.3 is 0 Å². The molecule has 0 aromatic heterocycles. The Bertz CT molecular complexity index is 1150. The molecule has 0 saturated carbocycles. The first-order valence-electron chi connectivity index (χ1n) is 10.8. The fraction of sp³-hybridized carbons (Fsp3) is 0.333. The van der Waals surface area contributed by atoms with Gasteiger partial charge in [0.15, 0.2) is 0 Å². The average molecular weight is 430 g/mol. The van der Waals surface area contributed by atoms with Crippen LogP contribution in [0.1, 0.15) is 49.9 Å². The lowest BCUT2D eigenvalue weighted by molar-refractivity contribution is -0.112. The van der Waals surface area contributed by atoms with Crippen LogP contribution in [0, 0.1) is 25.2 Å². The van der Waals surface area contributed by atoms with Crippen LogP contribution >= 0.6 is 0 Å². The summed E-state index contributed by atoms with van der Waals surface area (Å²) in [5.74, 6) is 0.181. The number of methoxy groups -OCH3 is 1. The van der Waals surface area contributed by atoms with Gasteiger partial charge in [-0.25, -0.2) is 0 Å². The lowest BCUT2D eigenvalue weighted by Crippen LogP contribution is -2.44. The first kappa shape index (κ1) is 23.1. The number of amides is 1. The zero-order valence-corrected chi connectivity index (χ0v) is 20.0. The molecule has 0 aliphatic carbocycles. The standard InChI is InChI=1S/C27H31N3O2/c1-8-30-24-14-25(32-7)20(13-23(24)19(4)15-27(30,5)6)12-21(16-28)26(31)29-22-10-17(2)9-18(3)11-22/h9-15H,8H2,1-7H3,(H,29,31)/b21-12+. The summed E-state index contributed by atoms with van der Waals surface area (Å²) >= 11 is 0. The predicted molar refractivity (Wildman–Crippen MR) is 132 cm³/mol. The number of rotatable bonds is 5. The van der Waals surface area contributed by atoms with Crippen molar-refractivity contribution in [1.82, 2.24) is 0 Å². The number of aryl methyl sites for hydroxylation is 2. The second-order valence-electron chi connectivity index (χ2n) is 8.84. The summed E-state index contributed by atoms with van der Waals surface area (Å²) in [6.45, 7) is 13.4. The normalized spacial score (nSPS) is 14.9. The zero-order chi connectivity index (χ0) is 23.6. The number of hydrogen-bond donors (Lipinski definition) is 1. The van der Waals surface area contributed by atoms with Crippen LogP contribution in [0.2, 0.25) is 0 Å². The number of nitriles is 1. The predicted octanol–water partition coefficient (Wildman–Crippen LogP) is 5.88. The maximum Gasteiger partial charge on any atom is 0.266 e. The highest BCUT2D eigenvalue weighted by Gasteiger charge is 2.31. The van der Waals surface area contributed by atoms with E-state index in [-0.39, 0.29) is 11.1 Å². The summed E-state index contributed by atoms with van der Waals surface area (Å²) in [5, 5.41) is 12.5. The van der Waals surface area contributed by atoms with Crippen molar-refractivity contribution in [2.24, 2.45) is 0 Å². The molecule has 1 aliphatic rings. The van der Waals surface area contributed by atoms with E-state index in [0.29, 0.717) is 17.0 Å². The monoisotopic (exact) mass is 429 g/mol. The third kappa shape index (κ3) is 4.55. The molecule has 1 heterocycles. The minimum absolute atomic E-state index is 0.0209. The summed E-state index contributed by atoms with van der Waals surface area (Å²) in [7, 11) is 1.60. The number of hydrogen-bond acceptors (Lipinski definition) is 4. The van der Waals surface area contributed by atoms with Crippen LogP contribution in [0.5, 0.6) is 5.75 Å². The number of allylic oxidation sites excluding steroid dienone is 1. The highest BCUT2D eigenvalue weighted by molar-refractivity contribution is 6.10. The summed E-state index contributed by atoms with van der Waals surface area (Å²) in [5.41, 5.74) is 6.69. The minimum atomic E-state index is -0.444. The van der Waals surface area contributed by atoms with Gasteiger partial charge in [0.05, 0.1) is 12.6 Å². The fourth-order valence-corrected chi connectivity index (χ4v) is 4.54. The van der Waals surface area contributed by atoms with Crippen molar-refractivity contribution in [1.29, 1.82) is 5.26 Å². The van der Waals surface area contributed by atoms with Crippen molar-refractivity contribution in [2.75, 3.05) is 23.9 Å². The summed E-state index contributed by atoms with van der Waals surface area (Å²) in [6, 6.07) is 11.8. The van der Waals surface area contributed by atoms with Crippen LogP contribution in [-0.2, 0) is 4.79 Å². The van der Waals surface area contributed by atoms with E-state index >= 15 is 0 Å². The second kappa shape index (κ2) is 8.92. The van der Waals surface area contributed by atoms with E-state index in [0.717, 1.165) is 34.5 Å². The quantitative estimate of drug-likeness (QED) is 0.476. The minimum Gasteiger partial charge on any atom is -0.496 e. The molecule has 0 spiro atoms. The van der Waals surface area contributed by atoms with Gasteiger partial charge in [-0.15, -0.1) is 0 Å². The van der Waals surface area contributed by atoms with Crippen LogP contribution in [0.25, 0.3) is 11.6 Å². The molecule has 0 atom stereocenters. The molecule has 2 aromatic carbocycles. The first-order valence-corrected chi connectivity index (χ1v) is 10.8. The van der Waals surface area contributed by atoms with Gasteiger partial charge in [0.2, 0.25) is 0 Å². The third-order valence-corrected chi connectivity index (χ3v) is 5.79. The number of fused-ring (bicyclic) bond motifs is 1. The van der Waals surface area contributed by atoms with Gasteiger partial charge < -0.3 is 15.0 Å². The Kier molecular flexibility index (Phi) is 6.45. The van der Waals surface area contributed by atoms with Crippen LogP contribution in [-0.4, -0.2) is 25.1 Å². The second-order valence-corrected chi connectivity index (χ2v) is 8.84. The molecule has 0 radical (unpaired) electrons. The molecule has 3 rings (SSSR count). The number of nitrogens with one attached hydrogen (secondary N) is 1. The molecule has 32 heavy (non-hydrogen) atoms. The van der Waals surface area contributed by atoms with Crippen LogP contribution in [0.3, 0.4) is 0 Å². The zero-order valence-electron chi connectivity index (χ0n) is 20.0. The largest absolute Gasteiger partial charge is 0.496 e. The Morgan fingerprint density at radius 2 is 1.81 bits per heavy atom. The van der Waals surface area contributed by atoms with Crippen molar-refractivity contribution in [3.63, 3.8) is 0 Å². The van der Waals surface area contributed by atoms with Gasteiger partial charge in [0.1, 0.15) is 17.4 Å². The van der Waals surface area contributed by atoms with Crippen molar-refractivity contribution in [3.05, 3.63) is 64.2 Å². The van der Waals surface area contributed by atoms with Crippen LogP contribution in [0.15, 0.2) is 42.0 Å². The van der Waals surface area contributed by atoms with Gasteiger partial charge in [-0.3, -0.25) is 4.79 Å². The van der Waals surface area contributed by atoms with Crippen molar-refractivity contribution in [2.45, 2.75) is 47.1 Å². The van der Waals surface area contributed by atoms with E-state index in [1.54, 1.807) is 13.2 Å². The van der Waals surface area contributed by atoms with Crippen molar-refractivity contribution < 1.29 is 9.53 Å². The Balaban J connectivity index is 2.04. The number of ether oxygens (including phenoxy) is 1. The lowest BCUT2D eigenvalue weighted by atomic mass is 9.87. The summed E-state index contributed by atoms with van der Waals surface area (Å²) in [4.78, 5) is 15.2. The molecule has 0 bridgehead atoms.